The fourth-order valence-corrected chi connectivity index (χ4v) is 2.98. The number of aliphatic hydroxyl groups is 1. The van der Waals surface area contributed by atoms with E-state index in [1.165, 1.54) is 4.31 Å². The van der Waals surface area contributed by atoms with E-state index in [1.54, 1.807) is 13.8 Å². The van der Waals surface area contributed by atoms with Crippen molar-refractivity contribution >= 4 is 15.9 Å². The summed E-state index contributed by atoms with van der Waals surface area (Å²) >= 11 is 0. The second-order valence-corrected chi connectivity index (χ2v) is 7.00. The Morgan fingerprint density at radius 1 is 1.53 bits per heavy atom. The third-order valence-corrected chi connectivity index (χ3v) is 4.08. The molecule has 1 rings (SSSR count). The molecule has 0 aromatic rings. The summed E-state index contributed by atoms with van der Waals surface area (Å²) in [5.41, 5.74) is -0.733. The second-order valence-electron chi connectivity index (χ2n) is 5.06. The lowest BCUT2D eigenvalue weighted by atomic mass is 10.1. The number of amides is 1. The fourth-order valence-electron chi connectivity index (χ4n) is 1.86. The summed E-state index contributed by atoms with van der Waals surface area (Å²) < 4.78 is 24.2. The van der Waals surface area contributed by atoms with Crippen molar-refractivity contribution in [1.82, 2.24) is 9.62 Å². The van der Waals surface area contributed by atoms with E-state index >= 15 is 0 Å². The first-order chi connectivity index (χ1) is 7.67. The molecule has 100 valence electrons. The maximum Gasteiger partial charge on any atom is 0.238 e. The zero-order chi connectivity index (χ0) is 13.3. The maximum atomic E-state index is 11.9. The van der Waals surface area contributed by atoms with Crippen LogP contribution in [0.2, 0.25) is 0 Å². The third-order valence-electron chi connectivity index (χ3n) is 2.79. The predicted octanol–water partition coefficient (Wildman–Crippen LogP) is -0.702. The Morgan fingerprint density at radius 3 is 2.59 bits per heavy atom. The summed E-state index contributed by atoms with van der Waals surface area (Å²) in [4.78, 5) is 11.9. The topological polar surface area (TPSA) is 86.7 Å². The lowest BCUT2D eigenvalue weighted by Crippen LogP contribution is -2.53. The van der Waals surface area contributed by atoms with E-state index in [0.29, 0.717) is 19.4 Å². The Labute approximate surface area is 102 Å². The SMILES string of the molecule is CC(C)(CO)NC(=O)C1CCCN1S(C)(=O)=O. The molecular formula is C10H20N2O4S. The highest BCUT2D eigenvalue weighted by Gasteiger charge is 2.37. The number of sulfonamides is 1. The van der Waals surface area contributed by atoms with Gasteiger partial charge in [0.2, 0.25) is 15.9 Å². The third kappa shape index (κ3) is 3.65. The number of rotatable bonds is 4. The number of hydrogen-bond acceptors (Lipinski definition) is 4. The Morgan fingerprint density at radius 2 is 2.12 bits per heavy atom. The van der Waals surface area contributed by atoms with Gasteiger partial charge in [-0.3, -0.25) is 4.79 Å². The molecule has 1 aliphatic heterocycles. The van der Waals surface area contributed by atoms with E-state index in [2.05, 4.69) is 5.32 Å². The first-order valence-corrected chi connectivity index (χ1v) is 7.42. The van der Waals surface area contributed by atoms with E-state index < -0.39 is 21.6 Å². The average molecular weight is 264 g/mol. The van der Waals surface area contributed by atoms with Crippen molar-refractivity contribution in [2.75, 3.05) is 19.4 Å². The van der Waals surface area contributed by atoms with Gasteiger partial charge in [-0.05, 0) is 26.7 Å². The van der Waals surface area contributed by atoms with Gasteiger partial charge in [0.05, 0.1) is 18.4 Å². The van der Waals surface area contributed by atoms with Crippen LogP contribution in [0.4, 0.5) is 0 Å². The molecule has 7 heteroatoms. The van der Waals surface area contributed by atoms with E-state index in [0.717, 1.165) is 6.26 Å². The zero-order valence-corrected chi connectivity index (χ0v) is 11.2. The molecule has 0 aromatic carbocycles. The highest BCUT2D eigenvalue weighted by Crippen LogP contribution is 2.21. The van der Waals surface area contributed by atoms with Gasteiger partial charge in [-0.25, -0.2) is 8.42 Å². The van der Waals surface area contributed by atoms with Crippen molar-refractivity contribution < 1.29 is 18.3 Å². The van der Waals surface area contributed by atoms with Crippen LogP contribution in [0.5, 0.6) is 0 Å². The largest absolute Gasteiger partial charge is 0.394 e. The highest BCUT2D eigenvalue weighted by molar-refractivity contribution is 7.88. The number of nitrogens with zero attached hydrogens (tertiary/aromatic N) is 1. The van der Waals surface area contributed by atoms with Crippen LogP contribution in [0.1, 0.15) is 26.7 Å². The molecule has 1 saturated heterocycles. The molecule has 1 fully saturated rings. The van der Waals surface area contributed by atoms with Crippen molar-refractivity contribution in [1.29, 1.82) is 0 Å². The van der Waals surface area contributed by atoms with Crippen molar-refractivity contribution in [2.45, 2.75) is 38.3 Å². The van der Waals surface area contributed by atoms with Crippen LogP contribution in [0.25, 0.3) is 0 Å². The van der Waals surface area contributed by atoms with E-state index in [-0.39, 0.29) is 12.5 Å². The van der Waals surface area contributed by atoms with Crippen LogP contribution in [0.3, 0.4) is 0 Å². The molecule has 0 saturated carbocycles. The van der Waals surface area contributed by atoms with Crippen LogP contribution in [0, 0.1) is 0 Å². The Kier molecular flexibility index (Phi) is 4.16. The minimum atomic E-state index is -3.35. The lowest BCUT2D eigenvalue weighted by Gasteiger charge is -2.28. The standard InChI is InChI=1S/C10H20N2O4S/c1-10(2,7-13)11-9(14)8-5-4-6-12(8)17(3,15)16/h8,13H,4-7H2,1-3H3,(H,11,14). The Bertz CT molecular complexity index is 391. The average Bonchev–Trinajstić information content (AvgIpc) is 2.64. The van der Waals surface area contributed by atoms with Crippen LogP contribution in [0.15, 0.2) is 0 Å². The summed E-state index contributed by atoms with van der Waals surface area (Å²) in [6.07, 6.45) is 2.32. The van der Waals surface area contributed by atoms with Crippen LogP contribution in [-0.4, -0.2) is 54.7 Å². The summed E-state index contributed by atoms with van der Waals surface area (Å²) in [5.74, 6) is -0.341. The van der Waals surface area contributed by atoms with Crippen LogP contribution in [-0.2, 0) is 14.8 Å². The van der Waals surface area contributed by atoms with Gasteiger partial charge >= 0.3 is 0 Å². The molecule has 17 heavy (non-hydrogen) atoms. The molecular weight excluding hydrogens is 244 g/mol. The number of hydrogen-bond donors (Lipinski definition) is 2. The van der Waals surface area contributed by atoms with Gasteiger partial charge in [-0.15, -0.1) is 0 Å². The molecule has 0 radical (unpaired) electrons. The van der Waals surface area contributed by atoms with Gasteiger partial charge in [0.25, 0.3) is 0 Å². The number of aliphatic hydroxyl groups excluding tert-OH is 1. The first kappa shape index (κ1) is 14.4. The molecule has 1 aliphatic rings. The van der Waals surface area contributed by atoms with E-state index in [1.807, 2.05) is 0 Å². The summed E-state index contributed by atoms with van der Waals surface area (Å²) in [6, 6.07) is -0.643. The summed E-state index contributed by atoms with van der Waals surface area (Å²) in [5, 5.41) is 11.7. The van der Waals surface area contributed by atoms with Gasteiger partial charge in [-0.2, -0.15) is 4.31 Å². The molecule has 1 amide bonds. The molecule has 0 aromatic heterocycles. The number of carbonyl (C=O) groups is 1. The van der Waals surface area contributed by atoms with Gasteiger partial charge in [0.15, 0.2) is 0 Å². The minimum Gasteiger partial charge on any atom is -0.394 e. The molecule has 1 heterocycles. The molecule has 1 atom stereocenters. The molecule has 0 aliphatic carbocycles. The summed E-state index contributed by atoms with van der Waals surface area (Å²) in [6.45, 7) is 3.57. The van der Waals surface area contributed by atoms with Crippen LogP contribution < -0.4 is 5.32 Å². The second kappa shape index (κ2) is 4.91. The maximum absolute atomic E-state index is 11.9. The highest BCUT2D eigenvalue weighted by atomic mass is 32.2. The van der Waals surface area contributed by atoms with Crippen molar-refractivity contribution in [3.8, 4) is 0 Å². The molecule has 0 spiro atoms. The minimum absolute atomic E-state index is 0.190. The van der Waals surface area contributed by atoms with E-state index in [4.69, 9.17) is 5.11 Å². The van der Waals surface area contributed by atoms with Gasteiger partial charge in [0.1, 0.15) is 6.04 Å². The fraction of sp³-hybridized carbons (Fsp3) is 0.900. The quantitative estimate of drug-likeness (QED) is 0.703. The van der Waals surface area contributed by atoms with Crippen molar-refractivity contribution in [3.05, 3.63) is 0 Å². The van der Waals surface area contributed by atoms with Gasteiger partial charge in [-0.1, -0.05) is 0 Å². The van der Waals surface area contributed by atoms with Gasteiger partial charge in [0, 0.05) is 6.54 Å². The summed E-state index contributed by atoms with van der Waals surface area (Å²) in [7, 11) is -3.35. The smallest absolute Gasteiger partial charge is 0.238 e. The molecule has 6 nitrogen and oxygen atoms in total. The molecule has 2 N–H and O–H groups in total. The Hall–Kier alpha value is -0.660. The lowest BCUT2D eigenvalue weighted by molar-refractivity contribution is -0.126. The van der Waals surface area contributed by atoms with Crippen molar-refractivity contribution in [3.63, 3.8) is 0 Å². The zero-order valence-electron chi connectivity index (χ0n) is 10.4. The first-order valence-electron chi connectivity index (χ1n) is 5.57. The Balaban J connectivity index is 2.76. The van der Waals surface area contributed by atoms with Gasteiger partial charge < -0.3 is 10.4 Å². The number of nitrogens with one attached hydrogen (secondary N) is 1. The molecule has 1 unspecified atom stereocenters. The van der Waals surface area contributed by atoms with E-state index in [9.17, 15) is 13.2 Å². The molecule has 0 bridgehead atoms. The monoisotopic (exact) mass is 264 g/mol. The normalized spacial score (nSPS) is 22.7. The predicted molar refractivity (Wildman–Crippen MR) is 63.9 cm³/mol. The number of carbonyl (C=O) groups excluding carboxylic acids is 1. The van der Waals surface area contributed by atoms with Crippen molar-refractivity contribution in [2.24, 2.45) is 0 Å². The van der Waals surface area contributed by atoms with Crippen LogP contribution >= 0.6 is 0 Å².